The van der Waals surface area contributed by atoms with Crippen molar-refractivity contribution in [3.05, 3.63) is 35.9 Å². The van der Waals surface area contributed by atoms with Crippen LogP contribution in [-0.2, 0) is 15.4 Å². The van der Waals surface area contributed by atoms with Gasteiger partial charge in [0.2, 0.25) is 0 Å². The summed E-state index contributed by atoms with van der Waals surface area (Å²) in [5.74, 6) is 0.214. The van der Waals surface area contributed by atoms with Crippen LogP contribution in [0.1, 0.15) is 25.8 Å². The molecule has 1 heterocycles. The predicted molar refractivity (Wildman–Crippen MR) is 87.2 cm³/mol. The molecule has 0 aromatic heterocycles. The van der Waals surface area contributed by atoms with Gasteiger partial charge in [0.25, 0.3) is 0 Å². The van der Waals surface area contributed by atoms with E-state index in [1.54, 1.807) is 0 Å². The number of rotatable bonds is 5. The number of piperazine rings is 1. The van der Waals surface area contributed by atoms with E-state index in [4.69, 9.17) is 0 Å². The maximum Gasteiger partial charge on any atom is 0.148 e. The van der Waals surface area contributed by atoms with Gasteiger partial charge in [-0.1, -0.05) is 37.3 Å². The lowest BCUT2D eigenvalue weighted by Gasteiger charge is -2.48. The van der Waals surface area contributed by atoms with Crippen molar-refractivity contribution in [3.8, 4) is 0 Å². The molecule has 0 bridgehead atoms. The monoisotopic (exact) mass is 310 g/mol. The molecule has 2 atom stereocenters. The molecule has 1 saturated heterocycles. The van der Waals surface area contributed by atoms with E-state index in [1.165, 1.54) is 11.8 Å². The second kappa shape index (κ2) is 6.46. The summed E-state index contributed by atoms with van der Waals surface area (Å²) in [4.78, 5) is 2.33. The molecule has 0 aliphatic carbocycles. The Labute approximate surface area is 128 Å². The van der Waals surface area contributed by atoms with Gasteiger partial charge in [-0.3, -0.25) is 4.90 Å². The van der Waals surface area contributed by atoms with E-state index >= 15 is 0 Å². The molecule has 21 heavy (non-hydrogen) atoms. The highest BCUT2D eigenvalue weighted by molar-refractivity contribution is 7.90. The first kappa shape index (κ1) is 16.5. The van der Waals surface area contributed by atoms with E-state index in [-0.39, 0.29) is 11.3 Å². The molecule has 0 spiro atoms. The van der Waals surface area contributed by atoms with Gasteiger partial charge < -0.3 is 5.32 Å². The highest BCUT2D eigenvalue weighted by atomic mass is 32.2. The van der Waals surface area contributed by atoms with Crippen LogP contribution in [0.2, 0.25) is 0 Å². The van der Waals surface area contributed by atoms with Crippen molar-refractivity contribution in [2.75, 3.05) is 31.6 Å². The molecule has 1 N–H and O–H groups in total. The minimum absolute atomic E-state index is 0.155. The Morgan fingerprint density at radius 3 is 2.57 bits per heavy atom. The summed E-state index contributed by atoms with van der Waals surface area (Å²) >= 11 is 0. The first-order valence-corrected chi connectivity index (χ1v) is 9.63. The van der Waals surface area contributed by atoms with Gasteiger partial charge in [0.15, 0.2) is 0 Å². The Hall–Kier alpha value is -0.910. The molecular formula is C16H26N2O2S. The molecule has 1 aliphatic heterocycles. The van der Waals surface area contributed by atoms with Crippen LogP contribution in [0, 0.1) is 0 Å². The molecule has 5 heteroatoms. The zero-order valence-corrected chi connectivity index (χ0v) is 14.0. The number of sulfone groups is 1. The van der Waals surface area contributed by atoms with Crippen molar-refractivity contribution in [1.82, 2.24) is 10.2 Å². The standard InChI is InChI=1S/C16H26N2O2S/c1-4-15-12-18(10-11-21(3,19)20)16(2,13-17-15)14-8-6-5-7-9-14/h5-9,15,17H,4,10-13H2,1-3H3. The molecule has 118 valence electrons. The molecule has 2 unspecified atom stereocenters. The lowest BCUT2D eigenvalue weighted by Crippen LogP contribution is -2.62. The third-order valence-corrected chi connectivity index (χ3v) is 5.42. The summed E-state index contributed by atoms with van der Waals surface area (Å²) in [7, 11) is -2.94. The van der Waals surface area contributed by atoms with Crippen LogP contribution in [0.5, 0.6) is 0 Å². The van der Waals surface area contributed by atoms with E-state index in [1.807, 2.05) is 18.2 Å². The molecule has 1 aromatic carbocycles. The molecule has 0 radical (unpaired) electrons. The van der Waals surface area contributed by atoms with Crippen LogP contribution in [0.15, 0.2) is 30.3 Å². The molecule has 0 saturated carbocycles. The van der Waals surface area contributed by atoms with Gasteiger partial charge in [0.05, 0.1) is 11.3 Å². The molecule has 1 aliphatic rings. The largest absolute Gasteiger partial charge is 0.311 e. The third kappa shape index (κ3) is 4.05. The Balaban J connectivity index is 2.24. The van der Waals surface area contributed by atoms with Gasteiger partial charge in [-0.05, 0) is 18.9 Å². The molecule has 0 amide bonds. The smallest absolute Gasteiger partial charge is 0.148 e. The van der Waals surface area contributed by atoms with Gasteiger partial charge in [-0.25, -0.2) is 8.42 Å². The maximum absolute atomic E-state index is 11.5. The summed E-state index contributed by atoms with van der Waals surface area (Å²) in [6, 6.07) is 10.8. The number of hydrogen-bond donors (Lipinski definition) is 1. The summed E-state index contributed by atoms with van der Waals surface area (Å²) in [5.41, 5.74) is 1.08. The second-order valence-electron chi connectivity index (χ2n) is 6.20. The highest BCUT2D eigenvalue weighted by Crippen LogP contribution is 2.30. The number of benzene rings is 1. The quantitative estimate of drug-likeness (QED) is 0.898. The van der Waals surface area contributed by atoms with Crippen LogP contribution in [0.3, 0.4) is 0 Å². The fourth-order valence-electron chi connectivity index (χ4n) is 2.96. The lowest BCUT2D eigenvalue weighted by atomic mass is 9.86. The summed E-state index contributed by atoms with van der Waals surface area (Å²) < 4.78 is 23.1. The summed E-state index contributed by atoms with van der Waals surface area (Å²) in [6.07, 6.45) is 2.37. The molecule has 2 rings (SSSR count). The Bertz CT molecular complexity index is 559. The van der Waals surface area contributed by atoms with Gasteiger partial charge >= 0.3 is 0 Å². The van der Waals surface area contributed by atoms with Crippen molar-refractivity contribution >= 4 is 9.84 Å². The molecular weight excluding hydrogens is 284 g/mol. The normalized spacial score (nSPS) is 27.7. The van der Waals surface area contributed by atoms with Gasteiger partial charge in [-0.2, -0.15) is 0 Å². The maximum atomic E-state index is 11.5. The van der Waals surface area contributed by atoms with E-state index in [9.17, 15) is 8.42 Å². The van der Waals surface area contributed by atoms with Crippen LogP contribution in [0.25, 0.3) is 0 Å². The highest BCUT2D eigenvalue weighted by Gasteiger charge is 2.38. The van der Waals surface area contributed by atoms with Crippen molar-refractivity contribution in [2.45, 2.75) is 31.8 Å². The Morgan fingerprint density at radius 2 is 2.00 bits per heavy atom. The zero-order chi connectivity index (χ0) is 15.5. The van der Waals surface area contributed by atoms with Gasteiger partial charge in [-0.15, -0.1) is 0 Å². The number of nitrogens with one attached hydrogen (secondary N) is 1. The first-order valence-electron chi connectivity index (χ1n) is 7.57. The van der Waals surface area contributed by atoms with E-state index in [2.05, 4.69) is 36.2 Å². The lowest BCUT2D eigenvalue weighted by molar-refractivity contribution is 0.0549. The molecule has 1 aromatic rings. The topological polar surface area (TPSA) is 49.4 Å². The first-order chi connectivity index (χ1) is 9.85. The molecule has 4 nitrogen and oxygen atoms in total. The average Bonchev–Trinajstić information content (AvgIpc) is 2.46. The van der Waals surface area contributed by atoms with Crippen molar-refractivity contribution in [2.24, 2.45) is 0 Å². The van der Waals surface area contributed by atoms with E-state index in [0.717, 1.165) is 19.5 Å². The Morgan fingerprint density at radius 1 is 1.33 bits per heavy atom. The summed E-state index contributed by atoms with van der Waals surface area (Å²) in [5, 5.41) is 3.59. The van der Waals surface area contributed by atoms with Crippen LogP contribution < -0.4 is 5.32 Å². The Kier molecular flexibility index (Phi) is 5.07. The fraction of sp³-hybridized carbons (Fsp3) is 0.625. The van der Waals surface area contributed by atoms with Gasteiger partial charge in [0.1, 0.15) is 9.84 Å². The van der Waals surface area contributed by atoms with Crippen molar-refractivity contribution in [3.63, 3.8) is 0 Å². The minimum Gasteiger partial charge on any atom is -0.311 e. The number of nitrogens with zero attached hydrogens (tertiary/aromatic N) is 1. The second-order valence-corrected chi connectivity index (χ2v) is 8.46. The van der Waals surface area contributed by atoms with Crippen LogP contribution in [-0.4, -0.2) is 51.0 Å². The van der Waals surface area contributed by atoms with Crippen molar-refractivity contribution in [1.29, 1.82) is 0 Å². The van der Waals surface area contributed by atoms with E-state index < -0.39 is 9.84 Å². The minimum atomic E-state index is -2.94. The average molecular weight is 310 g/mol. The summed E-state index contributed by atoms with van der Waals surface area (Å²) in [6.45, 7) is 6.68. The number of hydrogen-bond acceptors (Lipinski definition) is 4. The van der Waals surface area contributed by atoms with Crippen molar-refractivity contribution < 1.29 is 8.42 Å². The van der Waals surface area contributed by atoms with Crippen LogP contribution >= 0.6 is 0 Å². The predicted octanol–water partition coefficient (Wildman–Crippen LogP) is 1.63. The van der Waals surface area contributed by atoms with E-state index in [0.29, 0.717) is 12.6 Å². The fourth-order valence-corrected chi connectivity index (χ4v) is 3.51. The zero-order valence-electron chi connectivity index (χ0n) is 13.2. The SMILES string of the molecule is CCC1CN(CCS(C)(=O)=O)C(C)(c2ccccc2)CN1. The van der Waals surface area contributed by atoms with Crippen LogP contribution in [0.4, 0.5) is 0 Å². The van der Waals surface area contributed by atoms with Gasteiger partial charge in [0, 0.05) is 31.9 Å². The third-order valence-electron chi connectivity index (χ3n) is 4.49. The molecule has 1 fully saturated rings.